The predicted octanol–water partition coefficient (Wildman–Crippen LogP) is 10.5. The molecule has 0 saturated carbocycles. The summed E-state index contributed by atoms with van der Waals surface area (Å²) in [7, 11) is -4.75. The molecule has 0 fully saturated rings. The van der Waals surface area contributed by atoms with E-state index in [9.17, 15) is 34.1 Å². The molecule has 0 rings (SSSR count). The number of aliphatic carboxylic acids is 1. The first-order chi connectivity index (χ1) is 25.6. The van der Waals surface area contributed by atoms with Gasteiger partial charge in [-0.3, -0.25) is 18.6 Å². The highest BCUT2D eigenvalue weighted by atomic mass is 31.2. The molecule has 0 saturated heterocycles. The topological polar surface area (TPSA) is 169 Å². The average molecular weight is 776 g/mol. The van der Waals surface area contributed by atoms with E-state index in [1.54, 1.807) is 0 Å². The van der Waals surface area contributed by atoms with Crippen molar-refractivity contribution in [3.05, 3.63) is 12.2 Å². The van der Waals surface area contributed by atoms with Gasteiger partial charge in [-0.1, -0.05) is 161 Å². The van der Waals surface area contributed by atoms with Crippen molar-refractivity contribution in [3.63, 3.8) is 0 Å². The average Bonchev–Trinajstić information content (AvgIpc) is 3.13. The van der Waals surface area contributed by atoms with Crippen LogP contribution in [0.2, 0.25) is 0 Å². The van der Waals surface area contributed by atoms with Crippen molar-refractivity contribution in [2.24, 2.45) is 0 Å². The Morgan fingerprint density at radius 3 is 1.43 bits per heavy atom. The van der Waals surface area contributed by atoms with Crippen molar-refractivity contribution in [2.75, 3.05) is 19.8 Å². The highest BCUT2D eigenvalue weighted by Crippen LogP contribution is 2.43. The second-order valence-corrected chi connectivity index (χ2v) is 16.0. The van der Waals surface area contributed by atoms with Crippen molar-refractivity contribution in [1.82, 2.24) is 5.32 Å². The van der Waals surface area contributed by atoms with Gasteiger partial charge >= 0.3 is 19.8 Å². The van der Waals surface area contributed by atoms with Crippen LogP contribution in [0.4, 0.5) is 0 Å². The van der Waals surface area contributed by atoms with E-state index in [1.807, 2.05) is 0 Å². The highest BCUT2D eigenvalue weighted by molar-refractivity contribution is 7.47. The van der Waals surface area contributed by atoms with Crippen molar-refractivity contribution in [2.45, 2.75) is 212 Å². The summed E-state index contributed by atoms with van der Waals surface area (Å²) in [4.78, 5) is 45.8. The number of allylic oxidation sites excluding steroid dienone is 2. The monoisotopic (exact) mass is 776 g/mol. The van der Waals surface area contributed by atoms with Crippen molar-refractivity contribution < 1.29 is 47.8 Å². The van der Waals surface area contributed by atoms with Gasteiger partial charge in [0.25, 0.3) is 0 Å². The number of amides is 1. The second kappa shape index (κ2) is 37.2. The number of hydrogen-bond acceptors (Lipinski definition) is 8. The molecule has 3 atom stereocenters. The Morgan fingerprint density at radius 1 is 0.585 bits per heavy atom. The summed E-state index contributed by atoms with van der Waals surface area (Å²) in [5.41, 5.74) is 0. The molecule has 0 heterocycles. The van der Waals surface area contributed by atoms with Crippen LogP contribution >= 0.6 is 7.82 Å². The fourth-order valence-corrected chi connectivity index (χ4v) is 6.73. The molecule has 1 amide bonds. The van der Waals surface area contributed by atoms with E-state index in [1.165, 1.54) is 103 Å². The van der Waals surface area contributed by atoms with E-state index in [-0.39, 0.29) is 12.8 Å². The molecule has 0 aromatic carbocycles. The molecule has 12 heteroatoms. The minimum Gasteiger partial charge on any atom is -0.480 e. The molecule has 4 N–H and O–H groups in total. The number of carboxylic acids is 1. The number of carboxylic acid groups (broad SMARTS) is 1. The number of aliphatic hydroxyl groups is 1. The summed E-state index contributed by atoms with van der Waals surface area (Å²) in [5, 5.41) is 21.8. The van der Waals surface area contributed by atoms with Crippen molar-refractivity contribution >= 4 is 25.7 Å². The summed E-state index contributed by atoms with van der Waals surface area (Å²) in [6.45, 7) is 2.58. The Hall–Kier alpha value is -1.78. The Kier molecular flexibility index (Phi) is 35.9. The van der Waals surface area contributed by atoms with Gasteiger partial charge < -0.3 is 25.2 Å². The maximum atomic E-state index is 12.3. The molecule has 0 aliphatic heterocycles. The summed E-state index contributed by atoms with van der Waals surface area (Å²) in [6.07, 6.45) is 35.2. The van der Waals surface area contributed by atoms with E-state index < -0.39 is 57.6 Å². The Morgan fingerprint density at radius 2 is 0.981 bits per heavy atom. The molecule has 0 aliphatic rings. The van der Waals surface area contributed by atoms with Crippen LogP contribution in [-0.4, -0.2) is 64.9 Å². The van der Waals surface area contributed by atoms with Gasteiger partial charge in [-0.15, -0.1) is 0 Å². The smallest absolute Gasteiger partial charge is 0.472 e. The summed E-state index contributed by atoms with van der Waals surface area (Å²) in [6, 6.07) is -1.54. The van der Waals surface area contributed by atoms with Crippen LogP contribution in [0.15, 0.2) is 12.2 Å². The standard InChI is InChI=1S/C41H78NO10P/c1-3-5-7-9-11-13-15-17-18-19-21-23-25-27-29-31-33-40(45)50-34-37(43)35-51-53(48,49)52-36-38(41(46)47)42-39(44)32-30-28-26-24-22-20-16-14-12-10-8-6-4-2/h18-19,37-38,43H,3-17,20-36H2,1-2H3,(H,42,44)(H,46,47)(H,48,49)/b19-18-. The van der Waals surface area contributed by atoms with Crippen LogP contribution in [0, 0.1) is 0 Å². The third-order valence-electron chi connectivity index (χ3n) is 9.30. The fourth-order valence-electron chi connectivity index (χ4n) is 5.96. The van der Waals surface area contributed by atoms with Crippen molar-refractivity contribution in [3.8, 4) is 0 Å². The lowest BCUT2D eigenvalue weighted by Gasteiger charge is -2.18. The van der Waals surface area contributed by atoms with Crippen molar-refractivity contribution in [1.29, 1.82) is 0 Å². The number of phosphoric acid groups is 1. The number of nitrogens with one attached hydrogen (secondary N) is 1. The minimum absolute atomic E-state index is 0.150. The van der Waals surface area contributed by atoms with Gasteiger partial charge in [0.1, 0.15) is 12.7 Å². The first kappa shape index (κ1) is 51.2. The molecule has 53 heavy (non-hydrogen) atoms. The molecular weight excluding hydrogens is 697 g/mol. The van der Waals surface area contributed by atoms with Gasteiger partial charge in [0.15, 0.2) is 6.04 Å². The molecule has 0 bridgehead atoms. The molecule has 0 spiro atoms. The zero-order valence-corrected chi connectivity index (χ0v) is 34.5. The van der Waals surface area contributed by atoms with Gasteiger partial charge in [0, 0.05) is 12.8 Å². The molecule has 312 valence electrons. The number of carbonyl (C=O) groups is 3. The number of phosphoric ester groups is 1. The quantitative estimate of drug-likeness (QED) is 0.0203. The van der Waals surface area contributed by atoms with E-state index in [0.29, 0.717) is 12.8 Å². The maximum Gasteiger partial charge on any atom is 0.472 e. The third-order valence-corrected chi connectivity index (χ3v) is 10.3. The highest BCUT2D eigenvalue weighted by Gasteiger charge is 2.28. The number of hydrogen-bond donors (Lipinski definition) is 4. The molecule has 0 aliphatic carbocycles. The predicted molar refractivity (Wildman–Crippen MR) is 213 cm³/mol. The molecular formula is C41H78NO10P. The zero-order valence-electron chi connectivity index (χ0n) is 33.6. The van der Waals surface area contributed by atoms with Crippen LogP contribution in [-0.2, 0) is 32.7 Å². The Labute approximate surface area is 322 Å². The zero-order chi connectivity index (χ0) is 39.3. The summed E-state index contributed by atoms with van der Waals surface area (Å²) >= 11 is 0. The van der Waals surface area contributed by atoms with Crippen LogP contribution in [0.3, 0.4) is 0 Å². The van der Waals surface area contributed by atoms with E-state index in [2.05, 4.69) is 31.3 Å². The van der Waals surface area contributed by atoms with Gasteiger partial charge in [0.2, 0.25) is 5.91 Å². The maximum absolute atomic E-state index is 12.3. The number of ether oxygens (including phenoxy) is 1. The lowest BCUT2D eigenvalue weighted by molar-refractivity contribution is -0.147. The van der Waals surface area contributed by atoms with Gasteiger partial charge in [0.05, 0.1) is 13.2 Å². The number of carbonyl (C=O) groups excluding carboxylic acids is 2. The third kappa shape index (κ3) is 36.9. The molecule has 11 nitrogen and oxygen atoms in total. The second-order valence-electron chi connectivity index (χ2n) is 14.5. The number of aliphatic hydroxyl groups excluding tert-OH is 1. The van der Waals surface area contributed by atoms with Gasteiger partial charge in [-0.25, -0.2) is 9.36 Å². The SMILES string of the molecule is CCCCCCCCC/C=C\CCCCCCCC(=O)OCC(O)COP(=O)(O)OCC(NC(=O)CCCCCCCCCCCCCCC)C(=O)O. The minimum atomic E-state index is -4.75. The normalized spacial score (nSPS) is 13.9. The summed E-state index contributed by atoms with van der Waals surface area (Å²) < 4.78 is 26.8. The van der Waals surface area contributed by atoms with E-state index in [0.717, 1.165) is 57.8 Å². The van der Waals surface area contributed by atoms with Crippen LogP contribution in [0.5, 0.6) is 0 Å². The fraction of sp³-hybridized carbons (Fsp3) is 0.878. The largest absolute Gasteiger partial charge is 0.480 e. The number of rotatable bonds is 40. The van der Waals surface area contributed by atoms with E-state index >= 15 is 0 Å². The summed E-state index contributed by atoms with van der Waals surface area (Å²) in [5.74, 6) is -2.37. The Bertz CT molecular complexity index is 963. The van der Waals surface area contributed by atoms with E-state index in [4.69, 9.17) is 13.8 Å². The van der Waals surface area contributed by atoms with Crippen LogP contribution < -0.4 is 5.32 Å². The molecule has 0 radical (unpaired) electrons. The first-order valence-electron chi connectivity index (χ1n) is 21.2. The lowest BCUT2D eigenvalue weighted by atomic mass is 10.0. The van der Waals surface area contributed by atoms with Gasteiger partial charge in [-0.2, -0.15) is 0 Å². The molecule has 0 aromatic rings. The molecule has 0 aromatic heterocycles. The number of unbranched alkanes of at least 4 members (excludes halogenated alkanes) is 24. The number of esters is 1. The molecule has 3 unspecified atom stereocenters. The lowest BCUT2D eigenvalue weighted by Crippen LogP contribution is -2.43. The Balaban J connectivity index is 3.91. The van der Waals surface area contributed by atoms with Crippen LogP contribution in [0.25, 0.3) is 0 Å². The van der Waals surface area contributed by atoms with Gasteiger partial charge in [-0.05, 0) is 38.5 Å². The van der Waals surface area contributed by atoms with Crippen LogP contribution in [0.1, 0.15) is 200 Å². The first-order valence-corrected chi connectivity index (χ1v) is 22.7.